The van der Waals surface area contributed by atoms with E-state index in [1.165, 1.54) is 5.56 Å². The van der Waals surface area contributed by atoms with Crippen molar-refractivity contribution >= 4 is 17.5 Å². The Morgan fingerprint density at radius 2 is 1.74 bits per heavy atom. The molecule has 1 aromatic rings. The van der Waals surface area contributed by atoms with Crippen molar-refractivity contribution in [1.82, 2.24) is 9.80 Å². The third kappa shape index (κ3) is 4.50. The molecule has 3 rings (SSSR count). The molecule has 6 heteroatoms. The Balaban J connectivity index is 1.55. The van der Waals surface area contributed by atoms with Gasteiger partial charge in [0.25, 0.3) is 5.91 Å². The highest BCUT2D eigenvalue weighted by atomic mass is 16.5. The van der Waals surface area contributed by atoms with Crippen molar-refractivity contribution in [2.45, 2.75) is 52.7 Å². The molecule has 0 bridgehead atoms. The van der Waals surface area contributed by atoms with Gasteiger partial charge >= 0.3 is 0 Å². The van der Waals surface area contributed by atoms with Crippen molar-refractivity contribution in [2.75, 3.05) is 38.1 Å². The highest BCUT2D eigenvalue weighted by Gasteiger charge is 2.32. The zero-order valence-electron chi connectivity index (χ0n) is 16.9. The predicted octanol–water partition coefficient (Wildman–Crippen LogP) is 2.26. The van der Waals surface area contributed by atoms with Crippen LogP contribution in [0, 0.1) is 20.8 Å². The van der Waals surface area contributed by atoms with E-state index in [4.69, 9.17) is 4.74 Å². The van der Waals surface area contributed by atoms with Gasteiger partial charge in [-0.1, -0.05) is 17.7 Å². The summed E-state index contributed by atoms with van der Waals surface area (Å²) in [4.78, 5) is 29.3. The number of amides is 2. The van der Waals surface area contributed by atoms with E-state index in [2.05, 4.69) is 29.3 Å². The number of ether oxygens (including phenoxy) is 1. The van der Waals surface area contributed by atoms with E-state index in [0.717, 1.165) is 29.7 Å². The van der Waals surface area contributed by atoms with Crippen molar-refractivity contribution < 1.29 is 14.3 Å². The fourth-order valence-corrected chi connectivity index (χ4v) is 4.08. The van der Waals surface area contributed by atoms with Crippen molar-refractivity contribution in [2.24, 2.45) is 0 Å². The van der Waals surface area contributed by atoms with Gasteiger partial charge in [-0.05, 0) is 51.7 Å². The lowest BCUT2D eigenvalue weighted by Crippen LogP contribution is -2.55. The Bertz CT molecular complexity index is 682. The van der Waals surface area contributed by atoms with Crippen LogP contribution in [0.5, 0.6) is 0 Å². The first-order valence-corrected chi connectivity index (χ1v) is 9.90. The van der Waals surface area contributed by atoms with Crippen molar-refractivity contribution in [3.8, 4) is 0 Å². The number of carbonyl (C=O) groups excluding carboxylic acids is 2. The normalized spacial score (nSPS) is 21.9. The van der Waals surface area contributed by atoms with Gasteiger partial charge in [0.05, 0.1) is 6.04 Å². The molecule has 2 atom stereocenters. The van der Waals surface area contributed by atoms with E-state index >= 15 is 0 Å². The predicted molar refractivity (Wildman–Crippen MR) is 106 cm³/mol. The van der Waals surface area contributed by atoms with Gasteiger partial charge in [0.15, 0.2) is 0 Å². The summed E-state index contributed by atoms with van der Waals surface area (Å²) in [6.07, 6.45) is 1.53. The minimum atomic E-state index is -0.259. The molecule has 2 aliphatic heterocycles. The molecule has 0 saturated carbocycles. The number of piperazine rings is 1. The monoisotopic (exact) mass is 373 g/mol. The fourth-order valence-electron chi connectivity index (χ4n) is 4.08. The number of rotatable bonds is 4. The van der Waals surface area contributed by atoms with Crippen LogP contribution in [0.4, 0.5) is 5.69 Å². The van der Waals surface area contributed by atoms with E-state index in [1.807, 2.05) is 25.7 Å². The number of benzene rings is 1. The molecule has 27 heavy (non-hydrogen) atoms. The second-order valence-electron chi connectivity index (χ2n) is 7.80. The maximum absolute atomic E-state index is 12.8. The minimum Gasteiger partial charge on any atom is -0.368 e. The smallest absolute Gasteiger partial charge is 0.251 e. The molecule has 2 unspecified atom stereocenters. The Kier molecular flexibility index (Phi) is 6.17. The molecule has 2 amide bonds. The standard InChI is InChI=1S/C21H31N3O3/c1-14-12-15(2)19(16(3)13-14)22-20(25)17(4)23-7-9-24(10-8-23)21(26)18-6-5-11-27-18/h12-13,17-18H,5-11H2,1-4H3,(H,22,25). The number of aryl methyl sites for hydroxylation is 3. The average Bonchev–Trinajstić information content (AvgIpc) is 3.18. The summed E-state index contributed by atoms with van der Waals surface area (Å²) in [5.74, 6) is 0.110. The van der Waals surface area contributed by atoms with Crippen LogP contribution in [-0.2, 0) is 14.3 Å². The van der Waals surface area contributed by atoms with Crippen LogP contribution in [-0.4, -0.2) is 66.5 Å². The molecule has 2 fully saturated rings. The van der Waals surface area contributed by atoms with E-state index in [9.17, 15) is 9.59 Å². The van der Waals surface area contributed by atoms with Gasteiger partial charge in [0.2, 0.25) is 5.91 Å². The Hall–Kier alpha value is -1.92. The van der Waals surface area contributed by atoms with Crippen LogP contribution in [0.15, 0.2) is 12.1 Å². The lowest BCUT2D eigenvalue weighted by atomic mass is 10.0. The molecule has 6 nitrogen and oxygen atoms in total. The second kappa shape index (κ2) is 8.40. The molecular formula is C21H31N3O3. The van der Waals surface area contributed by atoms with Crippen molar-refractivity contribution in [3.05, 3.63) is 28.8 Å². The lowest BCUT2D eigenvalue weighted by Gasteiger charge is -2.38. The largest absolute Gasteiger partial charge is 0.368 e. The Morgan fingerprint density at radius 3 is 2.30 bits per heavy atom. The Morgan fingerprint density at radius 1 is 1.11 bits per heavy atom. The first kappa shape index (κ1) is 19.8. The minimum absolute atomic E-state index is 0.00366. The van der Waals surface area contributed by atoms with Crippen LogP contribution < -0.4 is 5.32 Å². The fraction of sp³-hybridized carbons (Fsp3) is 0.619. The van der Waals surface area contributed by atoms with Crippen molar-refractivity contribution in [1.29, 1.82) is 0 Å². The summed E-state index contributed by atoms with van der Waals surface area (Å²) in [7, 11) is 0. The summed E-state index contributed by atoms with van der Waals surface area (Å²) >= 11 is 0. The molecule has 0 aromatic heterocycles. The van der Waals surface area contributed by atoms with E-state index < -0.39 is 0 Å². The molecule has 0 radical (unpaired) electrons. The van der Waals surface area contributed by atoms with Gasteiger partial charge in [-0.3, -0.25) is 14.5 Å². The summed E-state index contributed by atoms with van der Waals surface area (Å²) in [6.45, 7) is 11.4. The topological polar surface area (TPSA) is 61.9 Å². The summed E-state index contributed by atoms with van der Waals surface area (Å²) in [5.41, 5.74) is 4.27. The molecule has 2 saturated heterocycles. The molecule has 2 heterocycles. The Labute approximate surface area is 161 Å². The van der Waals surface area contributed by atoms with Gasteiger partial charge in [0, 0.05) is 38.5 Å². The summed E-state index contributed by atoms with van der Waals surface area (Å²) in [5, 5.41) is 3.10. The quantitative estimate of drug-likeness (QED) is 0.879. The lowest BCUT2D eigenvalue weighted by molar-refractivity contribution is -0.143. The van der Waals surface area contributed by atoms with Crippen LogP contribution >= 0.6 is 0 Å². The SMILES string of the molecule is Cc1cc(C)c(NC(=O)C(C)N2CCN(C(=O)C3CCCO3)CC2)c(C)c1. The molecule has 1 N–H and O–H groups in total. The van der Waals surface area contributed by atoms with Crippen LogP contribution in [0.3, 0.4) is 0 Å². The third-order valence-corrected chi connectivity index (χ3v) is 5.68. The second-order valence-corrected chi connectivity index (χ2v) is 7.80. The summed E-state index contributed by atoms with van der Waals surface area (Å²) < 4.78 is 5.51. The molecular weight excluding hydrogens is 342 g/mol. The zero-order chi connectivity index (χ0) is 19.6. The number of nitrogens with zero attached hydrogens (tertiary/aromatic N) is 2. The van der Waals surface area contributed by atoms with Crippen LogP contribution in [0.25, 0.3) is 0 Å². The first-order valence-electron chi connectivity index (χ1n) is 9.90. The highest BCUT2D eigenvalue weighted by molar-refractivity contribution is 5.96. The van der Waals surface area contributed by atoms with Gasteiger partial charge in [-0.15, -0.1) is 0 Å². The van der Waals surface area contributed by atoms with Gasteiger partial charge < -0.3 is 15.0 Å². The first-order chi connectivity index (χ1) is 12.9. The molecule has 0 spiro atoms. The van der Waals surface area contributed by atoms with E-state index in [-0.39, 0.29) is 24.0 Å². The van der Waals surface area contributed by atoms with Crippen LogP contribution in [0.2, 0.25) is 0 Å². The van der Waals surface area contributed by atoms with Crippen LogP contribution in [0.1, 0.15) is 36.5 Å². The van der Waals surface area contributed by atoms with Gasteiger partial charge in [0.1, 0.15) is 6.10 Å². The van der Waals surface area contributed by atoms with Gasteiger partial charge in [-0.25, -0.2) is 0 Å². The maximum Gasteiger partial charge on any atom is 0.251 e. The average molecular weight is 373 g/mol. The van der Waals surface area contributed by atoms with Gasteiger partial charge in [-0.2, -0.15) is 0 Å². The highest BCUT2D eigenvalue weighted by Crippen LogP contribution is 2.23. The number of anilines is 1. The summed E-state index contributed by atoms with van der Waals surface area (Å²) in [6, 6.07) is 3.94. The molecule has 1 aromatic carbocycles. The third-order valence-electron chi connectivity index (χ3n) is 5.68. The van der Waals surface area contributed by atoms with Crippen molar-refractivity contribution in [3.63, 3.8) is 0 Å². The zero-order valence-corrected chi connectivity index (χ0v) is 16.9. The molecule has 2 aliphatic rings. The number of hydrogen-bond donors (Lipinski definition) is 1. The maximum atomic E-state index is 12.8. The number of nitrogens with one attached hydrogen (secondary N) is 1. The van der Waals surface area contributed by atoms with E-state index in [0.29, 0.717) is 32.8 Å². The van der Waals surface area contributed by atoms with E-state index in [1.54, 1.807) is 0 Å². The number of carbonyl (C=O) groups is 2. The molecule has 0 aliphatic carbocycles. The number of hydrogen-bond acceptors (Lipinski definition) is 4. The molecule has 148 valence electrons.